The van der Waals surface area contributed by atoms with Crippen LogP contribution in [0.4, 0.5) is 4.79 Å². The van der Waals surface area contributed by atoms with Crippen molar-refractivity contribution in [3.63, 3.8) is 0 Å². The lowest BCUT2D eigenvalue weighted by molar-refractivity contribution is -0.139. The number of primary amides is 1. The van der Waals surface area contributed by atoms with Gasteiger partial charge in [-0.3, -0.25) is 9.69 Å². The molecule has 1 unspecified atom stereocenters. The first-order chi connectivity index (χ1) is 13.9. The highest BCUT2D eigenvalue weighted by Gasteiger charge is 2.35. The van der Waals surface area contributed by atoms with Crippen LogP contribution in [0.1, 0.15) is 31.4 Å². The Morgan fingerprint density at radius 2 is 1.97 bits per heavy atom. The molecule has 2 aliphatic heterocycles. The second-order valence-corrected chi connectivity index (χ2v) is 7.53. The zero-order chi connectivity index (χ0) is 21.0. The lowest BCUT2D eigenvalue weighted by Crippen LogP contribution is -2.49. The third-order valence-electron chi connectivity index (χ3n) is 5.24. The molecule has 0 radical (unpaired) electrons. The first-order valence-electron chi connectivity index (χ1n) is 9.64. The van der Waals surface area contributed by atoms with Crippen molar-refractivity contribution in [2.24, 2.45) is 11.7 Å². The topological polar surface area (TPSA) is 114 Å². The summed E-state index contributed by atoms with van der Waals surface area (Å²) in [6.07, 6.45) is 1.30. The zero-order valence-electron chi connectivity index (χ0n) is 16.2. The van der Waals surface area contributed by atoms with Crippen molar-refractivity contribution in [2.45, 2.75) is 25.8 Å². The first-order valence-corrected chi connectivity index (χ1v) is 10.0. The second-order valence-electron chi connectivity index (χ2n) is 7.12. The lowest BCUT2D eigenvalue weighted by atomic mass is 9.93. The SMILES string of the molecule is CCOC(=O)C1=C(CN2CCC(C(N)=O)CC2)NC(=O)NC1c1ccccc1Cl. The van der Waals surface area contributed by atoms with Gasteiger partial charge in [-0.05, 0) is 44.5 Å². The Balaban J connectivity index is 1.92. The van der Waals surface area contributed by atoms with Crippen molar-refractivity contribution >= 4 is 29.5 Å². The summed E-state index contributed by atoms with van der Waals surface area (Å²) >= 11 is 6.34. The number of rotatable bonds is 6. The summed E-state index contributed by atoms with van der Waals surface area (Å²) in [5, 5.41) is 5.99. The van der Waals surface area contributed by atoms with Gasteiger partial charge in [-0.15, -0.1) is 0 Å². The average Bonchev–Trinajstić information content (AvgIpc) is 2.68. The number of piperidine rings is 1. The van der Waals surface area contributed by atoms with E-state index in [-0.39, 0.29) is 18.4 Å². The molecule has 8 nitrogen and oxygen atoms in total. The molecule has 1 saturated heterocycles. The molecular formula is C20H25ClN4O4. The molecule has 1 aromatic rings. The first kappa shape index (κ1) is 21.1. The van der Waals surface area contributed by atoms with Gasteiger partial charge in [0.05, 0.1) is 18.2 Å². The summed E-state index contributed by atoms with van der Waals surface area (Å²) in [6, 6.07) is 5.94. The monoisotopic (exact) mass is 420 g/mol. The van der Waals surface area contributed by atoms with Crippen LogP contribution in [0.5, 0.6) is 0 Å². The quantitative estimate of drug-likeness (QED) is 0.606. The van der Waals surface area contributed by atoms with Gasteiger partial charge >= 0.3 is 12.0 Å². The van der Waals surface area contributed by atoms with Gasteiger partial charge in [0.2, 0.25) is 5.91 Å². The molecule has 156 valence electrons. The fourth-order valence-electron chi connectivity index (χ4n) is 3.73. The molecule has 1 atom stereocenters. The van der Waals surface area contributed by atoms with Gasteiger partial charge < -0.3 is 21.1 Å². The zero-order valence-corrected chi connectivity index (χ0v) is 17.0. The van der Waals surface area contributed by atoms with E-state index in [4.69, 9.17) is 22.1 Å². The maximum atomic E-state index is 12.8. The van der Waals surface area contributed by atoms with Crippen LogP contribution in [0.15, 0.2) is 35.5 Å². The number of hydrogen-bond donors (Lipinski definition) is 3. The van der Waals surface area contributed by atoms with Gasteiger partial charge in [0.25, 0.3) is 0 Å². The Morgan fingerprint density at radius 1 is 1.28 bits per heavy atom. The average molecular weight is 421 g/mol. The smallest absolute Gasteiger partial charge is 0.338 e. The van der Waals surface area contributed by atoms with Gasteiger partial charge in [0, 0.05) is 23.2 Å². The van der Waals surface area contributed by atoms with E-state index < -0.39 is 18.0 Å². The molecule has 1 aromatic carbocycles. The minimum Gasteiger partial charge on any atom is -0.463 e. The number of ether oxygens (including phenoxy) is 1. The molecule has 29 heavy (non-hydrogen) atoms. The molecule has 0 aliphatic carbocycles. The van der Waals surface area contributed by atoms with Crippen molar-refractivity contribution < 1.29 is 19.1 Å². The number of nitrogens with one attached hydrogen (secondary N) is 2. The summed E-state index contributed by atoms with van der Waals surface area (Å²) in [6.45, 7) is 3.59. The Kier molecular flexibility index (Phi) is 6.76. The maximum absolute atomic E-state index is 12.8. The van der Waals surface area contributed by atoms with Crippen LogP contribution in [0, 0.1) is 5.92 Å². The van der Waals surface area contributed by atoms with E-state index in [2.05, 4.69) is 15.5 Å². The summed E-state index contributed by atoms with van der Waals surface area (Å²) in [4.78, 5) is 38.6. The molecule has 3 amide bonds. The van der Waals surface area contributed by atoms with Crippen LogP contribution < -0.4 is 16.4 Å². The number of esters is 1. The summed E-state index contributed by atoms with van der Waals surface area (Å²) in [7, 11) is 0. The van der Waals surface area contributed by atoms with Crippen LogP contribution in [-0.4, -0.2) is 49.0 Å². The third kappa shape index (κ3) is 4.89. The van der Waals surface area contributed by atoms with Crippen LogP contribution in [0.25, 0.3) is 0 Å². The lowest BCUT2D eigenvalue weighted by Gasteiger charge is -2.35. The molecule has 0 bridgehead atoms. The van der Waals surface area contributed by atoms with E-state index in [0.717, 1.165) is 0 Å². The highest BCUT2D eigenvalue weighted by atomic mass is 35.5. The fraction of sp³-hybridized carbons (Fsp3) is 0.450. The second kappa shape index (κ2) is 9.28. The highest BCUT2D eigenvalue weighted by molar-refractivity contribution is 6.31. The van der Waals surface area contributed by atoms with E-state index in [1.54, 1.807) is 31.2 Å². The number of halogens is 1. The van der Waals surface area contributed by atoms with Crippen molar-refractivity contribution in [1.29, 1.82) is 0 Å². The number of nitrogens with two attached hydrogens (primary N) is 1. The highest BCUT2D eigenvalue weighted by Crippen LogP contribution is 2.32. The Morgan fingerprint density at radius 3 is 2.59 bits per heavy atom. The van der Waals surface area contributed by atoms with Crippen molar-refractivity contribution in [3.8, 4) is 0 Å². The summed E-state index contributed by atoms with van der Waals surface area (Å²) < 4.78 is 5.27. The Labute approximate surface area is 174 Å². The number of urea groups is 1. The minimum atomic E-state index is -0.713. The van der Waals surface area contributed by atoms with Crippen LogP contribution in [0.2, 0.25) is 5.02 Å². The minimum absolute atomic E-state index is 0.136. The van der Waals surface area contributed by atoms with Crippen molar-refractivity contribution in [3.05, 3.63) is 46.1 Å². The largest absolute Gasteiger partial charge is 0.463 e. The molecule has 0 saturated carbocycles. The van der Waals surface area contributed by atoms with Crippen LogP contribution in [0.3, 0.4) is 0 Å². The van der Waals surface area contributed by atoms with Crippen LogP contribution in [-0.2, 0) is 14.3 Å². The molecule has 3 rings (SSSR count). The number of benzene rings is 1. The predicted octanol–water partition coefficient (Wildman–Crippen LogP) is 1.71. The molecular weight excluding hydrogens is 396 g/mol. The molecule has 0 aromatic heterocycles. The van der Waals surface area contributed by atoms with Crippen LogP contribution >= 0.6 is 11.6 Å². The number of nitrogens with zero attached hydrogens (tertiary/aromatic N) is 1. The maximum Gasteiger partial charge on any atom is 0.338 e. The van der Waals surface area contributed by atoms with Gasteiger partial charge in [-0.1, -0.05) is 29.8 Å². The number of hydrogen-bond acceptors (Lipinski definition) is 5. The fourth-order valence-corrected chi connectivity index (χ4v) is 3.98. The van der Waals surface area contributed by atoms with Gasteiger partial charge in [-0.2, -0.15) is 0 Å². The number of carbonyl (C=O) groups excluding carboxylic acids is 3. The number of likely N-dealkylation sites (tertiary alicyclic amines) is 1. The third-order valence-corrected chi connectivity index (χ3v) is 5.58. The Hall–Kier alpha value is -2.58. The van der Waals surface area contributed by atoms with Crippen molar-refractivity contribution in [2.75, 3.05) is 26.2 Å². The predicted molar refractivity (Wildman–Crippen MR) is 108 cm³/mol. The number of amides is 3. The van der Waals surface area contributed by atoms with E-state index in [0.29, 0.717) is 54.3 Å². The normalized spacial score (nSPS) is 20.8. The molecule has 2 heterocycles. The molecule has 4 N–H and O–H groups in total. The molecule has 0 spiro atoms. The van der Waals surface area contributed by atoms with Crippen molar-refractivity contribution in [1.82, 2.24) is 15.5 Å². The summed E-state index contributed by atoms with van der Waals surface area (Å²) in [5.74, 6) is -0.930. The van der Waals surface area contributed by atoms with Gasteiger partial charge in [0.1, 0.15) is 0 Å². The standard InChI is InChI=1S/C20H25ClN4O4/c1-2-29-19(27)16-15(11-25-9-7-12(8-10-25)18(22)26)23-20(28)24-17(16)13-5-3-4-6-14(13)21/h3-6,12,17H,2,7-11H2,1H3,(H2,22,26)(H2,23,24,28). The van der Waals surface area contributed by atoms with E-state index in [1.807, 2.05) is 0 Å². The van der Waals surface area contributed by atoms with Gasteiger partial charge in [-0.25, -0.2) is 9.59 Å². The molecule has 9 heteroatoms. The Bertz CT molecular complexity index is 834. The molecule has 1 fully saturated rings. The number of carbonyl (C=O) groups is 3. The molecule has 2 aliphatic rings. The van der Waals surface area contributed by atoms with E-state index in [1.165, 1.54) is 0 Å². The summed E-state index contributed by atoms with van der Waals surface area (Å²) in [5.41, 5.74) is 6.83. The van der Waals surface area contributed by atoms with Gasteiger partial charge in [0.15, 0.2) is 0 Å². The van der Waals surface area contributed by atoms with E-state index in [9.17, 15) is 14.4 Å². The van der Waals surface area contributed by atoms with E-state index >= 15 is 0 Å².